The summed E-state index contributed by atoms with van der Waals surface area (Å²) in [6.45, 7) is 8.20. The van der Waals surface area contributed by atoms with Crippen LogP contribution in [0.25, 0.3) is 5.57 Å². The summed E-state index contributed by atoms with van der Waals surface area (Å²) in [7, 11) is 0. The van der Waals surface area contributed by atoms with Gasteiger partial charge in [-0.25, -0.2) is 0 Å². The van der Waals surface area contributed by atoms with Crippen molar-refractivity contribution < 1.29 is 0 Å². The van der Waals surface area contributed by atoms with Crippen molar-refractivity contribution in [2.24, 2.45) is 0 Å². The molecule has 0 saturated carbocycles. The Kier molecular flexibility index (Phi) is 4.02. The van der Waals surface area contributed by atoms with Crippen molar-refractivity contribution in [3.05, 3.63) is 48.1 Å². The van der Waals surface area contributed by atoms with Crippen molar-refractivity contribution in [1.29, 1.82) is 0 Å². The minimum atomic E-state index is 1.11. The standard InChI is InChI=1S/C13H16S/c1-5-10(2)11(3)12-6-8-13(14-4)9-7-12/h5-9H,3H2,1-2,4H3/b10-5+. The van der Waals surface area contributed by atoms with Crippen molar-refractivity contribution in [1.82, 2.24) is 0 Å². The Labute approximate surface area is 90.7 Å². The molecular formula is C13H16S. The molecule has 74 valence electrons. The molecule has 14 heavy (non-hydrogen) atoms. The van der Waals surface area contributed by atoms with Gasteiger partial charge in [0.05, 0.1) is 0 Å². The van der Waals surface area contributed by atoms with E-state index in [4.69, 9.17) is 0 Å². The molecule has 0 aliphatic heterocycles. The molecule has 1 aromatic rings. The third kappa shape index (κ3) is 2.52. The molecule has 0 fully saturated rings. The van der Waals surface area contributed by atoms with Gasteiger partial charge in [0.15, 0.2) is 0 Å². The highest BCUT2D eigenvalue weighted by atomic mass is 32.2. The maximum absolute atomic E-state index is 4.08. The maximum Gasteiger partial charge on any atom is 0.00695 e. The lowest BCUT2D eigenvalue weighted by Crippen LogP contribution is -1.84. The van der Waals surface area contributed by atoms with Crippen molar-refractivity contribution in [2.75, 3.05) is 6.26 Å². The van der Waals surface area contributed by atoms with E-state index in [9.17, 15) is 0 Å². The molecule has 0 amide bonds. The Bertz CT molecular complexity index is 344. The average molecular weight is 204 g/mol. The zero-order valence-electron chi connectivity index (χ0n) is 9.00. The van der Waals surface area contributed by atoms with Gasteiger partial charge < -0.3 is 0 Å². The van der Waals surface area contributed by atoms with Crippen LogP contribution < -0.4 is 0 Å². The quantitative estimate of drug-likeness (QED) is 0.520. The van der Waals surface area contributed by atoms with E-state index in [1.807, 2.05) is 6.92 Å². The monoisotopic (exact) mass is 204 g/mol. The summed E-state index contributed by atoms with van der Waals surface area (Å²) in [6.07, 6.45) is 4.17. The smallest absolute Gasteiger partial charge is 0.00695 e. The molecule has 0 atom stereocenters. The summed E-state index contributed by atoms with van der Waals surface area (Å²) in [5, 5.41) is 0. The van der Waals surface area contributed by atoms with Crippen molar-refractivity contribution in [3.8, 4) is 0 Å². The van der Waals surface area contributed by atoms with Gasteiger partial charge in [0, 0.05) is 4.90 Å². The predicted octanol–water partition coefficient (Wildman–Crippen LogP) is 4.39. The largest absolute Gasteiger partial charge is 0.130 e. The fourth-order valence-electron chi connectivity index (χ4n) is 1.19. The molecule has 0 radical (unpaired) electrons. The zero-order chi connectivity index (χ0) is 10.6. The van der Waals surface area contributed by atoms with Crippen LogP contribution in [0, 0.1) is 0 Å². The Balaban J connectivity index is 2.92. The summed E-state index contributed by atoms with van der Waals surface area (Å²) < 4.78 is 0. The van der Waals surface area contributed by atoms with Crippen LogP contribution in [0.15, 0.2) is 47.4 Å². The van der Waals surface area contributed by atoms with Crippen LogP contribution in [0.1, 0.15) is 19.4 Å². The molecule has 1 aromatic carbocycles. The summed E-state index contributed by atoms with van der Waals surface area (Å²) >= 11 is 1.76. The Morgan fingerprint density at radius 1 is 1.29 bits per heavy atom. The van der Waals surface area contributed by atoms with Crippen molar-refractivity contribution in [2.45, 2.75) is 18.7 Å². The summed E-state index contributed by atoms with van der Waals surface area (Å²) in [5.41, 5.74) is 3.56. The first-order valence-electron chi connectivity index (χ1n) is 4.65. The van der Waals surface area contributed by atoms with Crippen LogP contribution in [-0.4, -0.2) is 6.26 Å². The molecule has 0 aliphatic carbocycles. The van der Waals surface area contributed by atoms with Gasteiger partial charge in [-0.3, -0.25) is 0 Å². The van der Waals surface area contributed by atoms with Crippen LogP contribution >= 0.6 is 11.8 Å². The van der Waals surface area contributed by atoms with Crippen molar-refractivity contribution >= 4 is 17.3 Å². The second-order valence-corrected chi connectivity index (χ2v) is 4.06. The first-order valence-corrected chi connectivity index (χ1v) is 5.88. The van der Waals surface area contributed by atoms with Crippen LogP contribution in [0.2, 0.25) is 0 Å². The predicted molar refractivity (Wildman–Crippen MR) is 66.7 cm³/mol. The average Bonchev–Trinajstić information content (AvgIpc) is 2.27. The summed E-state index contributed by atoms with van der Waals surface area (Å²) in [5.74, 6) is 0. The molecule has 0 aliphatic rings. The molecule has 1 heteroatoms. The number of hydrogen-bond acceptors (Lipinski definition) is 1. The first kappa shape index (κ1) is 11.1. The van der Waals surface area contributed by atoms with Crippen molar-refractivity contribution in [3.63, 3.8) is 0 Å². The van der Waals surface area contributed by atoms with Gasteiger partial charge in [-0.1, -0.05) is 24.8 Å². The second kappa shape index (κ2) is 5.06. The van der Waals surface area contributed by atoms with Gasteiger partial charge in [-0.2, -0.15) is 0 Å². The van der Waals surface area contributed by atoms with Gasteiger partial charge >= 0.3 is 0 Å². The second-order valence-electron chi connectivity index (χ2n) is 3.18. The SMILES string of the molecule is C=C(/C(C)=C/C)c1ccc(SC)cc1. The van der Waals surface area contributed by atoms with E-state index in [0.717, 1.165) is 5.57 Å². The zero-order valence-corrected chi connectivity index (χ0v) is 9.82. The van der Waals surface area contributed by atoms with E-state index in [1.165, 1.54) is 16.0 Å². The number of rotatable bonds is 3. The fraction of sp³-hybridized carbons (Fsp3) is 0.231. The Hall–Kier alpha value is -0.950. The van der Waals surface area contributed by atoms with Gasteiger partial charge in [0.2, 0.25) is 0 Å². The number of allylic oxidation sites excluding steroid dienone is 3. The summed E-state index contributed by atoms with van der Waals surface area (Å²) in [4.78, 5) is 1.29. The van der Waals surface area contributed by atoms with E-state index >= 15 is 0 Å². The molecule has 0 N–H and O–H groups in total. The fourth-order valence-corrected chi connectivity index (χ4v) is 1.60. The van der Waals surface area contributed by atoms with Crippen LogP contribution in [-0.2, 0) is 0 Å². The maximum atomic E-state index is 4.08. The highest BCUT2D eigenvalue weighted by Crippen LogP contribution is 2.23. The van der Waals surface area contributed by atoms with Gasteiger partial charge in [-0.15, -0.1) is 11.8 Å². The number of benzene rings is 1. The van der Waals surface area contributed by atoms with E-state index in [1.54, 1.807) is 11.8 Å². The third-order valence-electron chi connectivity index (χ3n) is 2.35. The molecule has 0 bridgehead atoms. The molecule has 0 spiro atoms. The number of thioether (sulfide) groups is 1. The molecule has 0 heterocycles. The third-order valence-corrected chi connectivity index (χ3v) is 3.09. The van der Waals surface area contributed by atoms with E-state index < -0.39 is 0 Å². The Morgan fingerprint density at radius 3 is 2.29 bits per heavy atom. The van der Waals surface area contributed by atoms with E-state index in [2.05, 4.69) is 50.1 Å². The molecule has 0 nitrogen and oxygen atoms in total. The molecule has 0 unspecified atom stereocenters. The lowest BCUT2D eigenvalue weighted by molar-refractivity contribution is 1.41. The minimum Gasteiger partial charge on any atom is -0.130 e. The lowest BCUT2D eigenvalue weighted by atomic mass is 10.0. The molecular weight excluding hydrogens is 188 g/mol. The first-order chi connectivity index (χ1) is 6.69. The Morgan fingerprint density at radius 2 is 1.86 bits per heavy atom. The van der Waals surface area contributed by atoms with Gasteiger partial charge in [0.25, 0.3) is 0 Å². The minimum absolute atomic E-state index is 1.11. The van der Waals surface area contributed by atoms with Gasteiger partial charge in [-0.05, 0) is 48.9 Å². The van der Waals surface area contributed by atoms with Crippen LogP contribution in [0.3, 0.4) is 0 Å². The number of hydrogen-bond donors (Lipinski definition) is 0. The molecule has 0 aromatic heterocycles. The van der Waals surface area contributed by atoms with Crippen LogP contribution in [0.4, 0.5) is 0 Å². The lowest BCUT2D eigenvalue weighted by Gasteiger charge is -2.06. The highest BCUT2D eigenvalue weighted by molar-refractivity contribution is 7.98. The van der Waals surface area contributed by atoms with E-state index in [-0.39, 0.29) is 0 Å². The topological polar surface area (TPSA) is 0 Å². The molecule has 0 saturated heterocycles. The summed E-state index contributed by atoms with van der Waals surface area (Å²) in [6, 6.07) is 8.52. The van der Waals surface area contributed by atoms with E-state index in [0.29, 0.717) is 0 Å². The van der Waals surface area contributed by atoms with Crippen LogP contribution in [0.5, 0.6) is 0 Å². The molecule has 1 rings (SSSR count). The normalized spacial score (nSPS) is 11.5. The van der Waals surface area contributed by atoms with Gasteiger partial charge in [0.1, 0.15) is 0 Å². The highest BCUT2D eigenvalue weighted by Gasteiger charge is 1.99.